The molecule has 24 heavy (non-hydrogen) atoms. The number of rotatable bonds is 4. The molecule has 132 valence electrons. The Morgan fingerprint density at radius 2 is 1.83 bits per heavy atom. The lowest BCUT2D eigenvalue weighted by atomic mass is 10.1. The first-order chi connectivity index (χ1) is 11.5. The SMILES string of the molecule is Cc1ccc(C)c(NC(=S)NNC(=S)NCC[NH+]2CCOCC2)c1. The van der Waals surface area contributed by atoms with E-state index in [0.717, 1.165) is 50.6 Å². The highest BCUT2D eigenvalue weighted by atomic mass is 32.1. The van der Waals surface area contributed by atoms with Crippen LogP contribution in [0.4, 0.5) is 5.69 Å². The van der Waals surface area contributed by atoms with Gasteiger partial charge in [0.15, 0.2) is 10.2 Å². The van der Waals surface area contributed by atoms with Crippen molar-refractivity contribution >= 4 is 40.3 Å². The van der Waals surface area contributed by atoms with Crippen molar-refractivity contribution in [3.8, 4) is 0 Å². The van der Waals surface area contributed by atoms with Gasteiger partial charge in [0.25, 0.3) is 0 Å². The summed E-state index contributed by atoms with van der Waals surface area (Å²) in [5, 5.41) is 7.36. The molecular weight excluding hydrogens is 342 g/mol. The van der Waals surface area contributed by atoms with Gasteiger partial charge in [0.05, 0.1) is 26.3 Å². The summed E-state index contributed by atoms with van der Waals surface area (Å²) in [4.78, 5) is 1.54. The van der Waals surface area contributed by atoms with E-state index >= 15 is 0 Å². The number of ether oxygens (including phenoxy) is 1. The third-order valence-corrected chi connectivity index (χ3v) is 4.35. The van der Waals surface area contributed by atoms with E-state index in [-0.39, 0.29) is 0 Å². The van der Waals surface area contributed by atoms with E-state index in [9.17, 15) is 0 Å². The predicted octanol–water partition coefficient (Wildman–Crippen LogP) is -0.116. The van der Waals surface area contributed by atoms with Crippen molar-refractivity contribution in [3.05, 3.63) is 29.3 Å². The minimum atomic E-state index is 0.478. The molecule has 0 atom stereocenters. The van der Waals surface area contributed by atoms with Gasteiger partial charge in [0.2, 0.25) is 0 Å². The molecule has 1 fully saturated rings. The lowest BCUT2D eigenvalue weighted by Gasteiger charge is -2.24. The van der Waals surface area contributed by atoms with Crippen LogP contribution < -0.4 is 26.4 Å². The minimum Gasteiger partial charge on any atom is -0.370 e. The van der Waals surface area contributed by atoms with Gasteiger partial charge >= 0.3 is 0 Å². The van der Waals surface area contributed by atoms with Crippen LogP contribution in [0, 0.1) is 13.8 Å². The first-order valence-electron chi connectivity index (χ1n) is 8.14. The van der Waals surface area contributed by atoms with E-state index in [1.165, 1.54) is 10.5 Å². The smallest absolute Gasteiger partial charge is 0.189 e. The number of thiocarbonyl (C=S) groups is 2. The number of hydrazine groups is 1. The lowest BCUT2D eigenvalue weighted by molar-refractivity contribution is -0.906. The van der Waals surface area contributed by atoms with Crippen molar-refractivity contribution in [1.29, 1.82) is 0 Å². The second kappa shape index (κ2) is 9.73. The highest BCUT2D eigenvalue weighted by Gasteiger charge is 2.12. The first-order valence-corrected chi connectivity index (χ1v) is 8.95. The van der Waals surface area contributed by atoms with Crippen molar-refractivity contribution < 1.29 is 9.64 Å². The number of quaternary nitrogens is 1. The molecule has 0 aliphatic carbocycles. The zero-order valence-corrected chi connectivity index (χ0v) is 15.8. The Kier molecular flexibility index (Phi) is 7.64. The molecule has 1 saturated heterocycles. The maximum Gasteiger partial charge on any atom is 0.189 e. The summed E-state index contributed by atoms with van der Waals surface area (Å²) in [6.45, 7) is 9.74. The normalized spacial score (nSPS) is 14.8. The second-order valence-electron chi connectivity index (χ2n) is 5.89. The number of benzene rings is 1. The fraction of sp³-hybridized carbons (Fsp3) is 0.500. The number of aryl methyl sites for hydroxylation is 2. The number of nitrogens with one attached hydrogen (secondary N) is 5. The molecule has 0 aromatic heterocycles. The number of hydrogen-bond acceptors (Lipinski definition) is 3. The molecule has 6 nitrogen and oxygen atoms in total. The summed E-state index contributed by atoms with van der Waals surface area (Å²) < 4.78 is 5.35. The molecule has 0 unspecified atom stereocenters. The topological polar surface area (TPSA) is 61.8 Å². The summed E-state index contributed by atoms with van der Waals surface area (Å²) in [5.41, 5.74) is 9.12. The van der Waals surface area contributed by atoms with E-state index in [0.29, 0.717) is 10.2 Å². The van der Waals surface area contributed by atoms with Crippen molar-refractivity contribution in [1.82, 2.24) is 16.2 Å². The molecule has 1 aromatic rings. The van der Waals surface area contributed by atoms with Crippen molar-refractivity contribution in [3.63, 3.8) is 0 Å². The van der Waals surface area contributed by atoms with Crippen molar-refractivity contribution in [2.24, 2.45) is 0 Å². The van der Waals surface area contributed by atoms with Gasteiger partial charge in [0.1, 0.15) is 13.1 Å². The van der Waals surface area contributed by atoms with Gasteiger partial charge < -0.3 is 20.3 Å². The largest absolute Gasteiger partial charge is 0.370 e. The number of hydrogen-bond donors (Lipinski definition) is 5. The summed E-state index contributed by atoms with van der Waals surface area (Å²) >= 11 is 10.5. The maximum absolute atomic E-state index is 5.35. The average molecular weight is 369 g/mol. The standard InChI is InChI=1S/C16H25N5OS2/c1-12-3-4-13(2)14(11-12)18-16(24)20-19-15(23)17-5-6-21-7-9-22-10-8-21/h3-4,11H,5-10H2,1-2H3,(H2,17,19,23)(H2,18,20,24)/p+1. The number of morpholine rings is 1. The van der Waals surface area contributed by atoms with E-state index in [4.69, 9.17) is 29.2 Å². The van der Waals surface area contributed by atoms with Gasteiger partial charge in [-0.2, -0.15) is 0 Å². The zero-order chi connectivity index (χ0) is 17.4. The molecular formula is C16H26N5OS2+. The maximum atomic E-state index is 5.35. The summed E-state index contributed by atoms with van der Waals surface area (Å²) in [7, 11) is 0. The van der Waals surface area contributed by atoms with Gasteiger partial charge in [-0.05, 0) is 55.5 Å². The Morgan fingerprint density at radius 3 is 2.58 bits per heavy atom. The zero-order valence-electron chi connectivity index (χ0n) is 14.2. The molecule has 8 heteroatoms. The Bertz CT molecular complexity index is 576. The Hall–Kier alpha value is -1.48. The van der Waals surface area contributed by atoms with Crippen LogP contribution in [0.2, 0.25) is 0 Å². The average Bonchev–Trinajstić information content (AvgIpc) is 2.57. The monoisotopic (exact) mass is 368 g/mol. The van der Waals surface area contributed by atoms with E-state index in [1.807, 2.05) is 6.92 Å². The Labute approximate surface area is 154 Å². The third-order valence-electron chi connectivity index (χ3n) is 3.89. The van der Waals surface area contributed by atoms with Crippen LogP contribution in [0.3, 0.4) is 0 Å². The second-order valence-corrected chi connectivity index (χ2v) is 6.71. The molecule has 0 amide bonds. The van der Waals surface area contributed by atoms with Gasteiger partial charge in [-0.25, -0.2) is 0 Å². The van der Waals surface area contributed by atoms with Gasteiger partial charge in [-0.3, -0.25) is 10.9 Å². The molecule has 0 saturated carbocycles. The molecule has 1 aliphatic rings. The van der Waals surface area contributed by atoms with Gasteiger partial charge in [0, 0.05) is 5.69 Å². The van der Waals surface area contributed by atoms with E-state index in [2.05, 4.69) is 46.6 Å². The van der Waals surface area contributed by atoms with Crippen molar-refractivity contribution in [2.75, 3.05) is 44.7 Å². The van der Waals surface area contributed by atoms with Gasteiger partial charge in [-0.1, -0.05) is 12.1 Å². The van der Waals surface area contributed by atoms with Crippen LogP contribution in [-0.2, 0) is 4.74 Å². The minimum absolute atomic E-state index is 0.478. The third kappa shape index (κ3) is 6.56. The summed E-state index contributed by atoms with van der Waals surface area (Å²) in [5.74, 6) is 0. The van der Waals surface area contributed by atoms with E-state index in [1.54, 1.807) is 0 Å². The highest BCUT2D eigenvalue weighted by Crippen LogP contribution is 2.15. The molecule has 1 aliphatic heterocycles. The Morgan fingerprint density at radius 1 is 1.12 bits per heavy atom. The van der Waals surface area contributed by atoms with Crippen LogP contribution in [0.15, 0.2) is 18.2 Å². The van der Waals surface area contributed by atoms with Crippen LogP contribution in [0.25, 0.3) is 0 Å². The Balaban J connectivity index is 1.63. The lowest BCUT2D eigenvalue weighted by Crippen LogP contribution is -3.14. The molecule has 0 spiro atoms. The fourth-order valence-corrected chi connectivity index (χ4v) is 2.76. The summed E-state index contributed by atoms with van der Waals surface area (Å²) in [6.07, 6.45) is 0. The van der Waals surface area contributed by atoms with Crippen molar-refractivity contribution in [2.45, 2.75) is 13.8 Å². The molecule has 5 N–H and O–H groups in total. The fourth-order valence-electron chi connectivity index (χ4n) is 2.44. The van der Waals surface area contributed by atoms with Crippen LogP contribution >= 0.6 is 24.4 Å². The molecule has 1 aromatic carbocycles. The van der Waals surface area contributed by atoms with Crippen LogP contribution in [0.1, 0.15) is 11.1 Å². The molecule has 1 heterocycles. The van der Waals surface area contributed by atoms with E-state index < -0.39 is 0 Å². The summed E-state index contributed by atoms with van der Waals surface area (Å²) in [6, 6.07) is 6.20. The first kappa shape index (κ1) is 18.9. The molecule has 0 radical (unpaired) electrons. The highest BCUT2D eigenvalue weighted by molar-refractivity contribution is 7.80. The predicted molar refractivity (Wildman–Crippen MR) is 105 cm³/mol. The quantitative estimate of drug-likeness (QED) is 0.375. The number of anilines is 1. The molecule has 2 rings (SSSR count). The van der Waals surface area contributed by atoms with Crippen LogP contribution in [-0.4, -0.2) is 49.6 Å². The van der Waals surface area contributed by atoms with Gasteiger partial charge in [-0.15, -0.1) is 0 Å². The molecule has 0 bridgehead atoms. The van der Waals surface area contributed by atoms with Crippen LogP contribution in [0.5, 0.6) is 0 Å².